The number of nitrogens with one attached hydrogen (secondary N) is 2. The molecule has 2 aromatic heterocycles. The number of rotatable bonds is 10. The lowest BCUT2D eigenvalue weighted by molar-refractivity contribution is 0.0693. The van der Waals surface area contributed by atoms with Crippen LogP contribution in [0.15, 0.2) is 24.7 Å². The standard InChI is InChI=1S/C36H47FN10O2/c1-5-30-33-29(18-38)40-21-46(33)31-19-39-36(43-34(31)47(30)22(2)3)42-28-17-27(37)26(16-32(28)49-4)35(48)41-24-8-10-25(11-9-24)45-14-12-44(13-15-45)20-23-6-7-23/h16-17,19,21-25,30H,5-15,20H2,1-4H3,(H,41,48)(H,39,42,43). The molecule has 49 heavy (non-hydrogen) atoms. The molecule has 13 heteroatoms. The number of carbonyl (C=O) groups excluding carboxylic acids is 1. The number of imidazole rings is 1. The van der Waals surface area contributed by atoms with Crippen molar-refractivity contribution in [3.8, 4) is 17.5 Å². The van der Waals surface area contributed by atoms with Crippen LogP contribution < -0.4 is 20.3 Å². The number of carbonyl (C=O) groups is 1. The minimum Gasteiger partial charge on any atom is -0.495 e. The van der Waals surface area contributed by atoms with Gasteiger partial charge in [0.1, 0.15) is 29.7 Å². The van der Waals surface area contributed by atoms with Crippen LogP contribution in [0.1, 0.15) is 93.5 Å². The summed E-state index contributed by atoms with van der Waals surface area (Å²) in [7, 11) is 1.49. The Balaban J connectivity index is 1.02. The Morgan fingerprint density at radius 2 is 1.86 bits per heavy atom. The second kappa shape index (κ2) is 13.9. The van der Waals surface area contributed by atoms with Gasteiger partial charge in [-0.1, -0.05) is 6.92 Å². The first-order valence-corrected chi connectivity index (χ1v) is 17.8. The van der Waals surface area contributed by atoms with Crippen molar-refractivity contribution in [1.82, 2.24) is 34.6 Å². The Hall–Kier alpha value is -4.28. The van der Waals surface area contributed by atoms with E-state index in [9.17, 15) is 10.1 Å². The third-order valence-corrected chi connectivity index (χ3v) is 10.7. The van der Waals surface area contributed by atoms with Crippen LogP contribution >= 0.6 is 0 Å². The highest BCUT2D eigenvalue weighted by molar-refractivity contribution is 5.96. The van der Waals surface area contributed by atoms with Crippen LogP contribution in [0, 0.1) is 23.1 Å². The highest BCUT2D eigenvalue weighted by atomic mass is 19.1. The minimum absolute atomic E-state index is 0.0168. The average molecular weight is 671 g/mol. The lowest BCUT2D eigenvalue weighted by Crippen LogP contribution is -2.52. The Morgan fingerprint density at radius 3 is 2.51 bits per heavy atom. The predicted octanol–water partition coefficient (Wildman–Crippen LogP) is 5.17. The zero-order valence-corrected chi connectivity index (χ0v) is 29.0. The number of benzene rings is 1. The van der Waals surface area contributed by atoms with Crippen molar-refractivity contribution in [2.45, 2.75) is 89.9 Å². The van der Waals surface area contributed by atoms with Gasteiger partial charge in [-0.05, 0) is 70.8 Å². The molecule has 2 saturated carbocycles. The molecule has 0 spiro atoms. The normalized spacial score (nSPS) is 22.7. The van der Waals surface area contributed by atoms with Crippen LogP contribution in [0.3, 0.4) is 0 Å². The number of anilines is 3. The topological polar surface area (TPSA) is 127 Å². The summed E-state index contributed by atoms with van der Waals surface area (Å²) in [4.78, 5) is 34.4. The van der Waals surface area contributed by atoms with Crippen LogP contribution in [-0.4, -0.2) is 93.2 Å². The molecule has 4 aliphatic rings. The Labute approximate surface area is 287 Å². The smallest absolute Gasteiger partial charge is 0.254 e. The lowest BCUT2D eigenvalue weighted by Gasteiger charge is -2.42. The maximum atomic E-state index is 15.6. The van der Waals surface area contributed by atoms with Gasteiger partial charge in [0.05, 0.1) is 36.3 Å². The van der Waals surface area contributed by atoms with Gasteiger partial charge in [0.25, 0.3) is 5.91 Å². The highest BCUT2D eigenvalue weighted by Gasteiger charge is 2.37. The fourth-order valence-corrected chi connectivity index (χ4v) is 7.95. The molecule has 2 N–H and O–H groups in total. The molecule has 3 fully saturated rings. The molecule has 2 aliphatic carbocycles. The maximum Gasteiger partial charge on any atom is 0.254 e. The van der Waals surface area contributed by atoms with E-state index in [0.717, 1.165) is 69.9 Å². The zero-order valence-electron chi connectivity index (χ0n) is 29.0. The van der Waals surface area contributed by atoms with Crippen LogP contribution in [0.5, 0.6) is 5.75 Å². The molecule has 12 nitrogen and oxygen atoms in total. The largest absolute Gasteiger partial charge is 0.495 e. The molecule has 3 aromatic rings. The summed E-state index contributed by atoms with van der Waals surface area (Å²) in [6.45, 7) is 12.0. The van der Waals surface area contributed by atoms with Gasteiger partial charge in [-0.2, -0.15) is 10.2 Å². The molecule has 1 unspecified atom stereocenters. The van der Waals surface area contributed by atoms with Gasteiger partial charge in [-0.3, -0.25) is 14.3 Å². The summed E-state index contributed by atoms with van der Waals surface area (Å²) in [5.74, 6) is 1.08. The average Bonchev–Trinajstić information content (AvgIpc) is 3.82. The SMILES string of the molecule is CCC1c2c(C#N)ncn2-c2cnc(Nc3cc(F)c(C(=O)NC4CCC(N5CCN(CC6CC6)CC5)CC4)cc3OC)nc2N1C(C)C. The Kier molecular flexibility index (Phi) is 9.44. The molecule has 0 bridgehead atoms. The van der Waals surface area contributed by atoms with Gasteiger partial charge in [-0.15, -0.1) is 0 Å². The van der Waals surface area contributed by atoms with E-state index in [1.165, 1.54) is 38.6 Å². The van der Waals surface area contributed by atoms with Crippen LogP contribution in [0.25, 0.3) is 5.69 Å². The molecule has 1 amide bonds. The van der Waals surface area contributed by atoms with E-state index in [1.54, 1.807) is 12.5 Å². The first kappa shape index (κ1) is 33.2. The first-order chi connectivity index (χ1) is 23.8. The van der Waals surface area contributed by atoms with Crippen molar-refractivity contribution in [2.24, 2.45) is 5.92 Å². The van der Waals surface area contributed by atoms with Crippen molar-refractivity contribution >= 4 is 23.4 Å². The quantitative estimate of drug-likeness (QED) is 0.298. The molecule has 0 radical (unpaired) electrons. The molecular formula is C36H47FN10O2. The monoisotopic (exact) mass is 670 g/mol. The van der Waals surface area contributed by atoms with E-state index in [0.29, 0.717) is 34.7 Å². The fraction of sp³-hybridized carbons (Fsp3) is 0.583. The van der Waals surface area contributed by atoms with Gasteiger partial charge in [-0.25, -0.2) is 14.4 Å². The van der Waals surface area contributed by atoms with E-state index in [-0.39, 0.29) is 29.6 Å². The summed E-state index contributed by atoms with van der Waals surface area (Å²) in [5, 5.41) is 15.9. The van der Waals surface area contributed by atoms with Crippen LogP contribution in [0.2, 0.25) is 0 Å². The number of methoxy groups -OCH3 is 1. The summed E-state index contributed by atoms with van der Waals surface area (Å²) < 4.78 is 23.1. The van der Waals surface area contributed by atoms with Gasteiger partial charge >= 0.3 is 0 Å². The Bertz CT molecular complexity index is 1720. The summed E-state index contributed by atoms with van der Waals surface area (Å²) in [5.41, 5.74) is 2.16. The van der Waals surface area contributed by atoms with Crippen LogP contribution in [0.4, 0.5) is 21.8 Å². The lowest BCUT2D eigenvalue weighted by atomic mass is 9.89. The van der Waals surface area contributed by atoms with Gasteiger partial charge < -0.3 is 25.2 Å². The van der Waals surface area contributed by atoms with Gasteiger partial charge in [0, 0.05) is 56.9 Å². The van der Waals surface area contributed by atoms with Gasteiger partial charge in [0.15, 0.2) is 11.5 Å². The van der Waals surface area contributed by atoms with Crippen molar-refractivity contribution in [3.63, 3.8) is 0 Å². The fourth-order valence-electron chi connectivity index (χ4n) is 7.95. The van der Waals surface area contributed by atoms with E-state index >= 15 is 4.39 Å². The number of ether oxygens (including phenoxy) is 1. The van der Waals surface area contributed by atoms with E-state index < -0.39 is 11.7 Å². The molecule has 260 valence electrons. The van der Waals surface area contributed by atoms with E-state index in [2.05, 4.69) is 62.1 Å². The maximum absolute atomic E-state index is 15.6. The summed E-state index contributed by atoms with van der Waals surface area (Å²) in [6.07, 6.45) is 10.7. The number of aromatic nitrogens is 4. The summed E-state index contributed by atoms with van der Waals surface area (Å²) in [6, 6.07) is 5.44. The number of piperazine rings is 1. The molecular weight excluding hydrogens is 623 g/mol. The third-order valence-electron chi connectivity index (χ3n) is 10.7. The molecule has 2 aliphatic heterocycles. The van der Waals surface area contributed by atoms with E-state index in [4.69, 9.17) is 9.72 Å². The van der Waals surface area contributed by atoms with Crippen molar-refractivity contribution < 1.29 is 13.9 Å². The minimum atomic E-state index is -0.654. The zero-order chi connectivity index (χ0) is 34.2. The molecule has 7 rings (SSSR count). The number of amides is 1. The van der Waals surface area contributed by atoms with Crippen molar-refractivity contribution in [1.29, 1.82) is 5.26 Å². The number of nitrogens with zero attached hydrogens (tertiary/aromatic N) is 8. The molecule has 1 saturated heterocycles. The number of hydrogen-bond donors (Lipinski definition) is 2. The molecule has 1 aromatic carbocycles. The Morgan fingerprint density at radius 1 is 1.10 bits per heavy atom. The van der Waals surface area contributed by atoms with Crippen LogP contribution in [-0.2, 0) is 0 Å². The second-order valence-corrected chi connectivity index (χ2v) is 14.2. The predicted molar refractivity (Wildman–Crippen MR) is 185 cm³/mol. The highest BCUT2D eigenvalue weighted by Crippen LogP contribution is 2.42. The first-order valence-electron chi connectivity index (χ1n) is 17.8. The van der Waals surface area contributed by atoms with Crippen molar-refractivity contribution in [3.05, 3.63) is 47.4 Å². The number of fused-ring (bicyclic) bond motifs is 3. The van der Waals surface area contributed by atoms with Crippen molar-refractivity contribution in [2.75, 3.05) is 50.1 Å². The van der Waals surface area contributed by atoms with Gasteiger partial charge in [0.2, 0.25) is 5.95 Å². The number of halogens is 1. The third kappa shape index (κ3) is 6.68. The number of hydrogen-bond acceptors (Lipinski definition) is 10. The van der Waals surface area contributed by atoms with E-state index in [1.807, 2.05) is 4.57 Å². The molecule has 1 atom stereocenters. The second-order valence-electron chi connectivity index (χ2n) is 14.2. The number of nitriles is 1. The molecule has 4 heterocycles. The summed E-state index contributed by atoms with van der Waals surface area (Å²) >= 11 is 0.